The van der Waals surface area contributed by atoms with Crippen LogP contribution in [0.1, 0.15) is 49.1 Å². The Bertz CT molecular complexity index is 2860. The second kappa shape index (κ2) is 18.2. The zero-order chi connectivity index (χ0) is 45.4. The Labute approximate surface area is 373 Å². The molecule has 0 radical (unpaired) electrons. The average Bonchev–Trinajstić information content (AvgIpc) is 3.76. The van der Waals surface area contributed by atoms with E-state index in [1.165, 1.54) is 35.2 Å². The Morgan fingerprint density at radius 3 is 2.28 bits per heavy atom. The Morgan fingerprint density at radius 1 is 0.831 bits per heavy atom. The monoisotopic (exact) mass is 909 g/mol. The van der Waals surface area contributed by atoms with Crippen LogP contribution in [0.2, 0.25) is 0 Å². The summed E-state index contributed by atoms with van der Waals surface area (Å²) in [5, 5.41) is 12.5. The number of hydrogen-bond acceptors (Lipinski definition) is 11. The number of rotatable bonds is 11. The summed E-state index contributed by atoms with van der Waals surface area (Å²) in [4.78, 5) is 49.0. The van der Waals surface area contributed by atoms with Crippen LogP contribution >= 0.6 is 0 Å². The number of hydrogen-bond donors (Lipinski definition) is 2. The van der Waals surface area contributed by atoms with Gasteiger partial charge in [-0.2, -0.15) is 18.0 Å². The van der Waals surface area contributed by atoms with Gasteiger partial charge in [0.05, 0.1) is 33.9 Å². The smallest absolute Gasteiger partial charge is 0.301 e. The molecule has 1 unspecified atom stereocenters. The van der Waals surface area contributed by atoms with Crippen molar-refractivity contribution in [3.8, 4) is 23.3 Å². The molecule has 338 valence electrons. The van der Waals surface area contributed by atoms with E-state index in [9.17, 15) is 32.5 Å². The Kier molecular flexibility index (Phi) is 12.2. The summed E-state index contributed by atoms with van der Waals surface area (Å²) >= 11 is 0. The Hall–Kier alpha value is -6.49. The second-order valence-electron chi connectivity index (χ2n) is 16.9. The van der Waals surface area contributed by atoms with Crippen molar-refractivity contribution in [1.82, 2.24) is 24.1 Å². The molecular formula is C46H46F3N9O6S. The van der Waals surface area contributed by atoms with E-state index in [-0.39, 0.29) is 60.4 Å². The number of anilines is 3. The number of amides is 2. The van der Waals surface area contributed by atoms with Crippen LogP contribution in [-0.2, 0) is 19.8 Å². The van der Waals surface area contributed by atoms with E-state index in [0.717, 1.165) is 80.8 Å². The molecule has 15 nitrogen and oxygen atoms in total. The summed E-state index contributed by atoms with van der Waals surface area (Å²) in [6.45, 7) is 5.49. The number of piperidine rings is 2. The highest BCUT2D eigenvalue weighted by Crippen LogP contribution is 2.36. The molecule has 4 saturated heterocycles. The molecule has 19 heteroatoms. The van der Waals surface area contributed by atoms with Gasteiger partial charge >= 0.3 is 10.2 Å². The zero-order valence-corrected chi connectivity index (χ0v) is 36.1. The van der Waals surface area contributed by atoms with Crippen molar-refractivity contribution in [3.63, 3.8) is 0 Å². The molecule has 9 rings (SSSR count). The number of carbonyl (C=O) groups is 2. The summed E-state index contributed by atoms with van der Waals surface area (Å²) in [6.07, 6.45) is 2.66. The van der Waals surface area contributed by atoms with Crippen LogP contribution in [0.3, 0.4) is 0 Å². The standard InChI is InChI=1S/C46H46F3N9O6S/c47-31-15-18-57(27-31)65(62,63)53-41-10-8-38(48)44(37(41)25-50)64-34-6-9-40-36(24-34)46(61)58(28-51-40)33-4-2-32(3-5-33)55-21-19-54(20-22-55)26-29-13-16-56(17-14-29)42-11-1-30(23-39(42)49)35-7-12-43(59)52-45(35)60/h1-6,8-11,23-24,28-29,31,35,53H,7,12-22,26-27H2,(H,52,59,60)/t31-,35?/m1/s1. The maximum atomic E-state index is 15.3. The molecule has 0 aliphatic carbocycles. The molecule has 65 heavy (non-hydrogen) atoms. The number of nitriles is 1. The molecule has 2 amide bonds. The van der Waals surface area contributed by atoms with Gasteiger partial charge in [0.2, 0.25) is 11.8 Å². The minimum atomic E-state index is -4.24. The summed E-state index contributed by atoms with van der Waals surface area (Å²) in [5.41, 5.74) is 1.97. The first-order valence-electron chi connectivity index (χ1n) is 21.6. The number of ether oxygens (including phenoxy) is 1. The Balaban J connectivity index is 0.798. The van der Waals surface area contributed by atoms with Gasteiger partial charge < -0.3 is 14.5 Å². The van der Waals surface area contributed by atoms with E-state index < -0.39 is 45.0 Å². The fourth-order valence-corrected chi connectivity index (χ4v) is 10.5. The van der Waals surface area contributed by atoms with Crippen molar-refractivity contribution in [2.24, 2.45) is 5.92 Å². The third kappa shape index (κ3) is 9.24. The fourth-order valence-electron chi connectivity index (χ4n) is 9.17. The van der Waals surface area contributed by atoms with Gasteiger partial charge in [0.1, 0.15) is 35.7 Å². The molecule has 0 spiro atoms. The van der Waals surface area contributed by atoms with Crippen molar-refractivity contribution in [2.75, 3.05) is 73.4 Å². The number of halogens is 3. The van der Waals surface area contributed by atoms with Crippen molar-refractivity contribution >= 4 is 50.0 Å². The molecule has 2 atom stereocenters. The molecule has 4 fully saturated rings. The van der Waals surface area contributed by atoms with Crippen LogP contribution in [0.15, 0.2) is 83.9 Å². The van der Waals surface area contributed by atoms with Gasteiger partial charge in [0.15, 0.2) is 11.6 Å². The predicted octanol–water partition coefficient (Wildman–Crippen LogP) is 5.59. The second-order valence-corrected chi connectivity index (χ2v) is 18.6. The lowest BCUT2D eigenvalue weighted by molar-refractivity contribution is -0.134. The van der Waals surface area contributed by atoms with Crippen LogP contribution in [-0.4, -0.2) is 104 Å². The average molecular weight is 910 g/mol. The molecule has 4 aromatic carbocycles. The normalized spacial score (nSPS) is 20.2. The molecule has 1 aromatic heterocycles. The van der Waals surface area contributed by atoms with Gasteiger partial charge in [-0.3, -0.25) is 33.9 Å². The molecule has 0 bridgehead atoms. The largest absolute Gasteiger partial charge is 0.453 e. The van der Waals surface area contributed by atoms with Gasteiger partial charge in [0.25, 0.3) is 5.56 Å². The predicted molar refractivity (Wildman–Crippen MR) is 237 cm³/mol. The number of aromatic nitrogens is 2. The summed E-state index contributed by atoms with van der Waals surface area (Å²) < 4.78 is 80.4. The van der Waals surface area contributed by atoms with E-state index in [0.29, 0.717) is 34.8 Å². The molecule has 4 aliphatic rings. The zero-order valence-electron chi connectivity index (χ0n) is 35.3. The molecule has 4 aliphatic heterocycles. The van der Waals surface area contributed by atoms with Crippen LogP contribution in [0.25, 0.3) is 16.6 Å². The lowest BCUT2D eigenvalue weighted by Crippen LogP contribution is -2.49. The third-order valence-corrected chi connectivity index (χ3v) is 14.3. The van der Waals surface area contributed by atoms with Gasteiger partial charge in [0, 0.05) is 71.0 Å². The van der Waals surface area contributed by atoms with Gasteiger partial charge in [-0.05, 0) is 104 Å². The molecule has 5 aromatic rings. The minimum Gasteiger partial charge on any atom is -0.453 e. The van der Waals surface area contributed by atoms with E-state index in [1.54, 1.807) is 18.2 Å². The van der Waals surface area contributed by atoms with E-state index >= 15 is 8.78 Å². The van der Waals surface area contributed by atoms with E-state index in [4.69, 9.17) is 4.74 Å². The number of nitrogens with zero attached hydrogens (tertiary/aromatic N) is 7. The summed E-state index contributed by atoms with van der Waals surface area (Å²) in [5.74, 6) is -2.53. The first-order chi connectivity index (χ1) is 31.3. The highest BCUT2D eigenvalue weighted by atomic mass is 32.2. The SMILES string of the molecule is N#Cc1c(NS(=O)(=O)N2CC[C@@H](F)C2)ccc(F)c1Oc1ccc2ncn(-c3ccc(N4CCN(CC5CCN(c6ccc(C7CCC(=O)NC7=O)cc6F)CC5)CC4)cc3)c(=O)c2c1. The number of piperazine rings is 1. The fraction of sp³-hybridized carbons (Fsp3) is 0.370. The topological polar surface area (TPSA) is 173 Å². The number of fused-ring (bicyclic) bond motifs is 1. The Morgan fingerprint density at radius 2 is 1.58 bits per heavy atom. The number of alkyl halides is 1. The van der Waals surface area contributed by atoms with Gasteiger partial charge in [-0.1, -0.05) is 6.07 Å². The molecule has 2 N–H and O–H groups in total. The van der Waals surface area contributed by atoms with Gasteiger partial charge in [-0.25, -0.2) is 18.2 Å². The van der Waals surface area contributed by atoms with Crippen LogP contribution in [0.5, 0.6) is 11.5 Å². The van der Waals surface area contributed by atoms with Gasteiger partial charge in [-0.15, -0.1) is 0 Å². The minimum absolute atomic E-state index is 0.00959. The van der Waals surface area contributed by atoms with Crippen molar-refractivity contribution < 1.29 is 35.9 Å². The quantitative estimate of drug-likeness (QED) is 0.158. The summed E-state index contributed by atoms with van der Waals surface area (Å²) in [6, 6.07) is 20.8. The van der Waals surface area contributed by atoms with E-state index in [1.807, 2.05) is 24.3 Å². The number of carbonyl (C=O) groups excluding carboxylic acids is 2. The van der Waals surface area contributed by atoms with Crippen molar-refractivity contribution in [3.05, 3.63) is 112 Å². The number of benzene rings is 4. The highest BCUT2D eigenvalue weighted by molar-refractivity contribution is 7.90. The lowest BCUT2D eigenvalue weighted by atomic mass is 9.90. The first-order valence-corrected chi connectivity index (χ1v) is 23.1. The maximum absolute atomic E-state index is 15.3. The van der Waals surface area contributed by atoms with Crippen molar-refractivity contribution in [1.29, 1.82) is 5.26 Å². The lowest BCUT2D eigenvalue weighted by Gasteiger charge is -2.40. The molecule has 5 heterocycles. The number of nitrogens with one attached hydrogen (secondary N) is 2. The maximum Gasteiger partial charge on any atom is 0.301 e. The summed E-state index contributed by atoms with van der Waals surface area (Å²) in [7, 11) is -4.24. The van der Waals surface area contributed by atoms with Crippen LogP contribution in [0, 0.1) is 28.9 Å². The first kappa shape index (κ1) is 43.7. The van der Waals surface area contributed by atoms with E-state index in [2.05, 4.69) is 29.7 Å². The van der Waals surface area contributed by atoms with Crippen LogP contribution in [0.4, 0.5) is 30.2 Å². The molecule has 0 saturated carbocycles. The third-order valence-electron chi connectivity index (χ3n) is 12.8. The molecular weight excluding hydrogens is 864 g/mol. The van der Waals surface area contributed by atoms with Crippen LogP contribution < -0.4 is 30.1 Å². The highest BCUT2D eigenvalue weighted by Gasteiger charge is 2.33. The van der Waals surface area contributed by atoms with Crippen molar-refractivity contribution in [2.45, 2.75) is 44.2 Å². The number of imide groups is 1.